The van der Waals surface area contributed by atoms with Crippen molar-refractivity contribution in [3.05, 3.63) is 218 Å². The largest absolute Gasteiger partial charge is 0.309 e. The third kappa shape index (κ3) is 5.43. The lowest BCUT2D eigenvalue weighted by atomic mass is 9.95. The lowest BCUT2D eigenvalue weighted by Crippen LogP contribution is -2.02. The Balaban J connectivity index is 1.07. The monoisotopic (exact) mass is 844 g/mol. The number of para-hydroxylation sites is 1. The van der Waals surface area contributed by atoms with Gasteiger partial charge in [-0.05, 0) is 97.5 Å². The molecule has 5 heteroatoms. The Morgan fingerprint density at radius 1 is 0.354 bits per heavy atom. The molecule has 14 rings (SSSR count). The van der Waals surface area contributed by atoms with Crippen LogP contribution in [0.15, 0.2) is 218 Å². The van der Waals surface area contributed by atoms with Gasteiger partial charge >= 0.3 is 0 Å². The van der Waals surface area contributed by atoms with Gasteiger partial charge in [-0.1, -0.05) is 170 Å². The Bertz CT molecular complexity index is 4230. The molecule has 4 nitrogen and oxygen atoms in total. The van der Waals surface area contributed by atoms with Gasteiger partial charge in [0.15, 0.2) is 0 Å². The molecule has 0 N–H and O–H groups in total. The Hall–Kier alpha value is -8.38. The highest BCUT2D eigenvalue weighted by Gasteiger charge is 2.23. The van der Waals surface area contributed by atoms with Crippen molar-refractivity contribution in [2.75, 3.05) is 0 Å². The lowest BCUT2D eigenvalue weighted by molar-refractivity contribution is 1.02. The number of hydrogen-bond donors (Lipinski definition) is 0. The summed E-state index contributed by atoms with van der Waals surface area (Å²) in [6, 6.07) is 79.1. The summed E-state index contributed by atoms with van der Waals surface area (Å²) >= 11 is 1.76. The van der Waals surface area contributed by atoms with Gasteiger partial charge in [-0.15, -0.1) is 11.3 Å². The van der Waals surface area contributed by atoms with E-state index in [0.717, 1.165) is 49.1 Å². The SMILES string of the molecule is c1ccc(-c2cc3nc(-n4c5ccc(-c6cccc7c6c6c8ccccc8ccc6n7-c6ccccc6)cc5c5c6ccccc6ccc54)nc(-c4cccc5ccccc45)c3s2)cc1. The van der Waals surface area contributed by atoms with Crippen molar-refractivity contribution in [2.24, 2.45) is 0 Å². The van der Waals surface area contributed by atoms with Crippen LogP contribution >= 0.6 is 11.3 Å². The second-order valence-corrected chi connectivity index (χ2v) is 17.9. The average molecular weight is 845 g/mol. The van der Waals surface area contributed by atoms with Crippen molar-refractivity contribution >= 4 is 97.5 Å². The van der Waals surface area contributed by atoms with E-state index in [0.29, 0.717) is 5.95 Å². The number of rotatable bonds is 5. The molecule has 0 unspecified atom stereocenters. The van der Waals surface area contributed by atoms with Crippen molar-refractivity contribution < 1.29 is 0 Å². The van der Waals surface area contributed by atoms with Gasteiger partial charge in [0.1, 0.15) is 0 Å². The van der Waals surface area contributed by atoms with Crippen LogP contribution in [0, 0.1) is 0 Å². The molecular weight excluding hydrogens is 809 g/mol. The highest BCUT2D eigenvalue weighted by molar-refractivity contribution is 7.22. The minimum Gasteiger partial charge on any atom is -0.309 e. The van der Waals surface area contributed by atoms with Crippen LogP contribution in [-0.2, 0) is 0 Å². The van der Waals surface area contributed by atoms with Gasteiger partial charge in [0.2, 0.25) is 5.95 Å². The fourth-order valence-corrected chi connectivity index (χ4v) is 11.6. The summed E-state index contributed by atoms with van der Waals surface area (Å²) in [5.74, 6) is 0.653. The quantitative estimate of drug-likeness (QED) is 0.173. The molecule has 0 aliphatic heterocycles. The Labute approximate surface area is 377 Å². The molecule has 0 bridgehead atoms. The van der Waals surface area contributed by atoms with Crippen LogP contribution in [0.5, 0.6) is 0 Å². The Morgan fingerprint density at radius 3 is 1.71 bits per heavy atom. The van der Waals surface area contributed by atoms with Gasteiger partial charge in [-0.25, -0.2) is 9.97 Å². The van der Waals surface area contributed by atoms with E-state index >= 15 is 0 Å². The second kappa shape index (κ2) is 14.1. The molecule has 4 heterocycles. The highest BCUT2D eigenvalue weighted by Crippen LogP contribution is 2.46. The maximum absolute atomic E-state index is 5.63. The van der Waals surface area contributed by atoms with E-state index < -0.39 is 0 Å². The highest BCUT2D eigenvalue weighted by atomic mass is 32.1. The molecule has 0 aliphatic carbocycles. The molecule has 0 atom stereocenters. The number of nitrogens with zero attached hydrogens (tertiary/aromatic N) is 4. The van der Waals surface area contributed by atoms with E-state index in [2.05, 4.69) is 228 Å². The van der Waals surface area contributed by atoms with Gasteiger partial charge in [-0.3, -0.25) is 4.57 Å². The molecule has 0 radical (unpaired) electrons. The predicted octanol–water partition coefficient (Wildman–Crippen LogP) is 16.3. The number of fused-ring (bicyclic) bond motifs is 12. The first-order valence-corrected chi connectivity index (χ1v) is 22.9. The van der Waals surface area contributed by atoms with Gasteiger partial charge in [0.25, 0.3) is 0 Å². The van der Waals surface area contributed by atoms with E-state index in [1.165, 1.54) is 75.5 Å². The summed E-state index contributed by atoms with van der Waals surface area (Å²) < 4.78 is 5.80. The van der Waals surface area contributed by atoms with E-state index in [4.69, 9.17) is 9.97 Å². The van der Waals surface area contributed by atoms with Gasteiger partial charge in [0, 0.05) is 37.7 Å². The first-order chi connectivity index (χ1) is 32.2. The number of thiophene rings is 1. The molecule has 0 fully saturated rings. The average Bonchev–Trinajstić information content (AvgIpc) is 4.07. The molecule has 0 spiro atoms. The van der Waals surface area contributed by atoms with Crippen LogP contribution < -0.4 is 0 Å². The van der Waals surface area contributed by atoms with E-state index in [1.54, 1.807) is 11.3 Å². The molecule has 4 aromatic heterocycles. The maximum Gasteiger partial charge on any atom is 0.235 e. The zero-order chi connectivity index (χ0) is 42.6. The zero-order valence-electron chi connectivity index (χ0n) is 35.0. The van der Waals surface area contributed by atoms with Crippen molar-refractivity contribution in [3.63, 3.8) is 0 Å². The normalized spacial score (nSPS) is 12.0. The number of hydrogen-bond acceptors (Lipinski definition) is 3. The van der Waals surface area contributed by atoms with Crippen LogP contribution in [-0.4, -0.2) is 19.1 Å². The van der Waals surface area contributed by atoms with Gasteiger partial charge < -0.3 is 4.57 Å². The first kappa shape index (κ1) is 36.1. The first-order valence-electron chi connectivity index (χ1n) is 22.1. The van der Waals surface area contributed by atoms with Crippen molar-refractivity contribution in [2.45, 2.75) is 0 Å². The topological polar surface area (TPSA) is 35.6 Å². The molecule has 14 aromatic rings. The van der Waals surface area contributed by atoms with Crippen LogP contribution in [0.3, 0.4) is 0 Å². The summed E-state index contributed by atoms with van der Waals surface area (Å²) in [5, 5.41) is 12.1. The fraction of sp³-hybridized carbons (Fsp3) is 0. The van der Waals surface area contributed by atoms with Crippen LogP contribution in [0.4, 0.5) is 0 Å². The third-order valence-electron chi connectivity index (χ3n) is 13.3. The summed E-state index contributed by atoms with van der Waals surface area (Å²) in [5.41, 5.74) is 12.2. The van der Waals surface area contributed by atoms with Crippen molar-refractivity contribution in [3.8, 4) is 44.5 Å². The number of benzene rings is 10. The molecule has 302 valence electrons. The summed E-state index contributed by atoms with van der Waals surface area (Å²) in [6.07, 6.45) is 0. The van der Waals surface area contributed by atoms with E-state index in [-0.39, 0.29) is 0 Å². The minimum atomic E-state index is 0.653. The molecule has 10 aromatic carbocycles. The van der Waals surface area contributed by atoms with Gasteiger partial charge in [0.05, 0.1) is 38.0 Å². The van der Waals surface area contributed by atoms with E-state index in [9.17, 15) is 0 Å². The molecule has 0 saturated carbocycles. The lowest BCUT2D eigenvalue weighted by Gasteiger charge is -2.12. The fourth-order valence-electron chi connectivity index (χ4n) is 10.5. The summed E-state index contributed by atoms with van der Waals surface area (Å²) in [4.78, 5) is 12.3. The molecule has 0 aliphatic rings. The molecular formula is C60H36N4S. The third-order valence-corrected chi connectivity index (χ3v) is 14.5. The van der Waals surface area contributed by atoms with Crippen molar-refractivity contribution in [1.29, 1.82) is 0 Å². The molecule has 0 amide bonds. The smallest absolute Gasteiger partial charge is 0.235 e. The summed E-state index contributed by atoms with van der Waals surface area (Å²) in [7, 11) is 0. The summed E-state index contributed by atoms with van der Waals surface area (Å²) in [6.45, 7) is 0. The van der Waals surface area contributed by atoms with Crippen LogP contribution in [0.1, 0.15) is 0 Å². The Kier molecular flexibility index (Phi) is 7.82. The maximum atomic E-state index is 5.63. The second-order valence-electron chi connectivity index (χ2n) is 16.9. The molecule has 0 saturated heterocycles. The standard InChI is InChI=1S/C60H36N4S/c1-3-18-40(19-4-1)54-36-49-59(65-54)58(47-27-13-20-37-15-7-10-23-43(37)47)62-60(61-49)64-50-32-31-41(35-48(50)55-44-24-11-8-16-38(44)29-33-52(55)64)46-26-14-28-51-57(46)56-45-25-12-9-17-39(45)30-34-53(56)63(51)42-21-5-2-6-22-42/h1-36H. The Morgan fingerprint density at radius 2 is 0.938 bits per heavy atom. The van der Waals surface area contributed by atoms with Gasteiger partial charge in [-0.2, -0.15) is 0 Å². The minimum absolute atomic E-state index is 0.653. The van der Waals surface area contributed by atoms with Crippen LogP contribution in [0.25, 0.3) is 131 Å². The molecule has 65 heavy (non-hydrogen) atoms. The van der Waals surface area contributed by atoms with E-state index in [1.807, 2.05) is 0 Å². The number of aromatic nitrogens is 4. The zero-order valence-corrected chi connectivity index (χ0v) is 35.8. The predicted molar refractivity (Wildman–Crippen MR) is 275 cm³/mol. The van der Waals surface area contributed by atoms with Crippen LogP contribution in [0.2, 0.25) is 0 Å². The van der Waals surface area contributed by atoms with Crippen molar-refractivity contribution in [1.82, 2.24) is 19.1 Å².